The van der Waals surface area contributed by atoms with Crippen molar-refractivity contribution in [1.82, 2.24) is 4.90 Å². The number of nitriles is 1. The van der Waals surface area contributed by atoms with Gasteiger partial charge in [-0.15, -0.1) is 0 Å². The van der Waals surface area contributed by atoms with E-state index in [4.69, 9.17) is 10.00 Å². The van der Waals surface area contributed by atoms with E-state index in [9.17, 15) is 5.11 Å². The van der Waals surface area contributed by atoms with Gasteiger partial charge in [-0.25, -0.2) is 0 Å². The van der Waals surface area contributed by atoms with E-state index in [1.165, 1.54) is 0 Å². The van der Waals surface area contributed by atoms with E-state index >= 15 is 0 Å². The Morgan fingerprint density at radius 1 is 1.62 bits per heavy atom. The van der Waals surface area contributed by atoms with Crippen LogP contribution in [-0.4, -0.2) is 49.5 Å². The van der Waals surface area contributed by atoms with Crippen molar-refractivity contribution < 1.29 is 9.84 Å². The highest BCUT2D eigenvalue weighted by Gasteiger charge is 2.09. The molecule has 0 saturated heterocycles. The van der Waals surface area contributed by atoms with Crippen LogP contribution in [0.1, 0.15) is 13.3 Å². The van der Waals surface area contributed by atoms with Crippen LogP contribution in [0.4, 0.5) is 0 Å². The molecule has 0 aliphatic rings. The summed E-state index contributed by atoms with van der Waals surface area (Å²) in [4.78, 5) is 1.92. The highest BCUT2D eigenvalue weighted by Crippen LogP contribution is 1.94. The lowest BCUT2D eigenvalue weighted by Gasteiger charge is -2.21. The smallest absolute Gasteiger partial charge is 0.0900 e. The van der Waals surface area contributed by atoms with Crippen LogP contribution in [-0.2, 0) is 4.74 Å². The van der Waals surface area contributed by atoms with Crippen LogP contribution in [0.15, 0.2) is 0 Å². The van der Waals surface area contributed by atoms with Crippen molar-refractivity contribution in [2.75, 3.05) is 33.4 Å². The minimum Gasteiger partial charge on any atom is -0.389 e. The summed E-state index contributed by atoms with van der Waals surface area (Å²) >= 11 is 0. The van der Waals surface area contributed by atoms with Crippen molar-refractivity contribution in [2.45, 2.75) is 19.4 Å². The summed E-state index contributed by atoms with van der Waals surface area (Å²) in [7, 11) is 1.55. The number of aliphatic hydroxyl groups excluding tert-OH is 1. The van der Waals surface area contributed by atoms with Crippen molar-refractivity contribution in [3.05, 3.63) is 0 Å². The zero-order chi connectivity index (χ0) is 10.1. The van der Waals surface area contributed by atoms with Crippen LogP contribution in [0.25, 0.3) is 0 Å². The summed E-state index contributed by atoms with van der Waals surface area (Å²) < 4.78 is 4.80. The molecule has 0 aromatic carbocycles. The molecule has 0 rings (SSSR count). The first-order chi connectivity index (χ1) is 6.24. The Bertz CT molecular complexity index is 156. The molecule has 0 saturated carbocycles. The molecule has 0 spiro atoms. The summed E-state index contributed by atoms with van der Waals surface area (Å²) in [5.41, 5.74) is 0. The highest BCUT2D eigenvalue weighted by atomic mass is 16.5. The molecule has 1 N–H and O–H groups in total. The third-order valence-corrected chi connectivity index (χ3v) is 1.66. The largest absolute Gasteiger partial charge is 0.389 e. The fourth-order valence-electron chi connectivity index (χ4n) is 1.19. The van der Waals surface area contributed by atoms with E-state index in [1.54, 1.807) is 7.11 Å². The summed E-state index contributed by atoms with van der Waals surface area (Å²) in [6, 6.07) is 2.07. The lowest BCUT2D eigenvalue weighted by molar-refractivity contribution is 0.0406. The van der Waals surface area contributed by atoms with Crippen LogP contribution in [0, 0.1) is 11.3 Å². The molecular weight excluding hydrogens is 168 g/mol. The molecule has 4 heteroatoms. The molecule has 0 fully saturated rings. The third kappa shape index (κ3) is 6.52. The maximum Gasteiger partial charge on any atom is 0.0900 e. The maximum absolute atomic E-state index is 9.40. The Morgan fingerprint density at radius 3 is 2.77 bits per heavy atom. The number of rotatable bonds is 7. The van der Waals surface area contributed by atoms with Crippen LogP contribution in [0.5, 0.6) is 0 Å². The van der Waals surface area contributed by atoms with E-state index in [0.29, 0.717) is 19.7 Å². The first-order valence-electron chi connectivity index (χ1n) is 4.50. The molecule has 0 aromatic heterocycles. The van der Waals surface area contributed by atoms with Crippen molar-refractivity contribution in [3.8, 4) is 6.07 Å². The van der Waals surface area contributed by atoms with Gasteiger partial charge >= 0.3 is 0 Å². The lowest BCUT2D eigenvalue weighted by Crippen LogP contribution is -2.35. The van der Waals surface area contributed by atoms with Crippen LogP contribution in [0.3, 0.4) is 0 Å². The molecule has 1 atom stereocenters. The van der Waals surface area contributed by atoms with E-state index in [2.05, 4.69) is 6.07 Å². The van der Waals surface area contributed by atoms with E-state index in [0.717, 1.165) is 13.0 Å². The Hall–Kier alpha value is -0.630. The van der Waals surface area contributed by atoms with Gasteiger partial charge in [-0.3, -0.25) is 4.90 Å². The number of ether oxygens (including phenoxy) is 1. The standard InChI is InChI=1S/C9H18N2O2/c1-3-5-11(6-4-10)7-9(12)8-13-2/h9,12H,3,5-8H2,1-2H3. The van der Waals surface area contributed by atoms with Gasteiger partial charge in [0.05, 0.1) is 25.3 Å². The zero-order valence-corrected chi connectivity index (χ0v) is 8.36. The second kappa shape index (κ2) is 7.99. The molecule has 0 aromatic rings. The first-order valence-corrected chi connectivity index (χ1v) is 4.50. The van der Waals surface area contributed by atoms with E-state index < -0.39 is 6.10 Å². The Morgan fingerprint density at radius 2 is 2.31 bits per heavy atom. The van der Waals surface area contributed by atoms with E-state index in [-0.39, 0.29) is 0 Å². The van der Waals surface area contributed by atoms with Gasteiger partial charge in [-0.1, -0.05) is 6.92 Å². The van der Waals surface area contributed by atoms with Gasteiger partial charge in [0.2, 0.25) is 0 Å². The number of methoxy groups -OCH3 is 1. The van der Waals surface area contributed by atoms with Gasteiger partial charge < -0.3 is 9.84 Å². The summed E-state index contributed by atoms with van der Waals surface area (Å²) in [6.45, 7) is 4.09. The van der Waals surface area contributed by atoms with Gasteiger partial charge in [-0.2, -0.15) is 5.26 Å². The zero-order valence-electron chi connectivity index (χ0n) is 8.36. The minimum atomic E-state index is -0.495. The SMILES string of the molecule is CCCN(CC#N)CC(O)COC. The van der Waals surface area contributed by atoms with Crippen LogP contribution < -0.4 is 0 Å². The molecule has 0 bridgehead atoms. The summed E-state index contributed by atoms with van der Waals surface area (Å²) in [5, 5.41) is 17.9. The van der Waals surface area contributed by atoms with Gasteiger partial charge in [0.1, 0.15) is 0 Å². The fourth-order valence-corrected chi connectivity index (χ4v) is 1.19. The molecule has 0 aliphatic carbocycles. The lowest BCUT2D eigenvalue weighted by atomic mass is 10.3. The predicted octanol–water partition coefficient (Wildman–Crippen LogP) is 0.229. The van der Waals surface area contributed by atoms with Gasteiger partial charge in [0.25, 0.3) is 0 Å². The molecule has 4 nitrogen and oxygen atoms in total. The Kier molecular flexibility index (Phi) is 7.60. The third-order valence-electron chi connectivity index (χ3n) is 1.66. The number of hydrogen-bond donors (Lipinski definition) is 1. The fraction of sp³-hybridized carbons (Fsp3) is 0.889. The average molecular weight is 186 g/mol. The van der Waals surface area contributed by atoms with Crippen LogP contribution >= 0.6 is 0 Å². The quantitative estimate of drug-likeness (QED) is 0.578. The molecular formula is C9H18N2O2. The molecule has 0 heterocycles. The molecule has 0 radical (unpaired) electrons. The van der Waals surface area contributed by atoms with Crippen LogP contribution in [0.2, 0.25) is 0 Å². The molecule has 13 heavy (non-hydrogen) atoms. The molecule has 76 valence electrons. The van der Waals surface area contributed by atoms with Crippen molar-refractivity contribution in [3.63, 3.8) is 0 Å². The Balaban J connectivity index is 3.73. The monoisotopic (exact) mass is 186 g/mol. The second-order valence-electron chi connectivity index (χ2n) is 3.00. The number of nitrogens with zero attached hydrogens (tertiary/aromatic N) is 2. The second-order valence-corrected chi connectivity index (χ2v) is 3.00. The topological polar surface area (TPSA) is 56.5 Å². The van der Waals surface area contributed by atoms with E-state index in [1.807, 2.05) is 11.8 Å². The molecule has 1 unspecified atom stereocenters. The minimum absolute atomic E-state index is 0.325. The predicted molar refractivity (Wildman–Crippen MR) is 50.2 cm³/mol. The molecule has 0 aliphatic heterocycles. The number of hydrogen-bond acceptors (Lipinski definition) is 4. The van der Waals surface area contributed by atoms with Gasteiger partial charge in [-0.05, 0) is 13.0 Å². The first kappa shape index (κ1) is 12.4. The van der Waals surface area contributed by atoms with Crippen molar-refractivity contribution in [2.24, 2.45) is 0 Å². The van der Waals surface area contributed by atoms with Gasteiger partial charge in [0, 0.05) is 13.7 Å². The van der Waals surface area contributed by atoms with Crippen molar-refractivity contribution in [1.29, 1.82) is 5.26 Å². The average Bonchev–Trinajstić information content (AvgIpc) is 2.05. The van der Waals surface area contributed by atoms with Gasteiger partial charge in [0.15, 0.2) is 0 Å². The Labute approximate surface area is 79.7 Å². The normalized spacial score (nSPS) is 12.8. The molecule has 0 amide bonds. The summed E-state index contributed by atoms with van der Waals surface area (Å²) in [5.74, 6) is 0. The maximum atomic E-state index is 9.40. The van der Waals surface area contributed by atoms with Crippen molar-refractivity contribution >= 4 is 0 Å². The highest BCUT2D eigenvalue weighted by molar-refractivity contribution is 4.77. The summed E-state index contributed by atoms with van der Waals surface area (Å²) in [6.07, 6.45) is 0.492. The number of aliphatic hydroxyl groups is 1.